The van der Waals surface area contributed by atoms with Crippen molar-refractivity contribution in [3.8, 4) is 0 Å². The second kappa shape index (κ2) is 61.7. The van der Waals surface area contributed by atoms with Crippen LogP contribution in [0.5, 0.6) is 0 Å². The fraction of sp³-hybridized carbons (Fsp3) is 0.924. The Morgan fingerprint density at radius 2 is 0.458 bits per heavy atom. The summed E-state index contributed by atoms with van der Waals surface area (Å²) in [5, 5.41) is 0. The number of ether oxygens (including phenoxy) is 3. The van der Waals surface area contributed by atoms with Crippen molar-refractivity contribution in [3.63, 3.8) is 0 Å². The van der Waals surface area contributed by atoms with Crippen LogP contribution >= 0.6 is 0 Å². The van der Waals surface area contributed by atoms with Crippen LogP contribution in [0.25, 0.3) is 0 Å². The number of unbranched alkanes of at least 4 members (excludes halogenated alkanes) is 48. The van der Waals surface area contributed by atoms with Crippen molar-refractivity contribution in [2.45, 2.75) is 380 Å². The topological polar surface area (TPSA) is 78.9 Å². The normalized spacial score (nSPS) is 12.0. The van der Waals surface area contributed by atoms with Gasteiger partial charge in [0.2, 0.25) is 0 Å². The summed E-state index contributed by atoms with van der Waals surface area (Å²) in [6.07, 6.45) is 72.1. The molecule has 0 heterocycles. The van der Waals surface area contributed by atoms with E-state index >= 15 is 0 Å². The lowest BCUT2D eigenvalue weighted by atomic mass is 10.0. The first-order valence-electron chi connectivity index (χ1n) is 32.7. The average molecular weight is 1020 g/mol. The Kier molecular flexibility index (Phi) is 60.1. The molecule has 0 amide bonds. The first-order valence-corrected chi connectivity index (χ1v) is 32.7. The van der Waals surface area contributed by atoms with Crippen molar-refractivity contribution in [1.82, 2.24) is 0 Å². The minimum Gasteiger partial charge on any atom is -0.462 e. The highest BCUT2D eigenvalue weighted by Crippen LogP contribution is 2.18. The molecule has 0 aromatic rings. The number of esters is 3. The fourth-order valence-electron chi connectivity index (χ4n) is 10.1. The third-order valence-electron chi connectivity index (χ3n) is 15.0. The van der Waals surface area contributed by atoms with Gasteiger partial charge in [-0.1, -0.05) is 322 Å². The molecular weight excluding hydrogens is 889 g/mol. The van der Waals surface area contributed by atoms with Gasteiger partial charge in [-0.3, -0.25) is 14.4 Å². The van der Waals surface area contributed by atoms with Crippen molar-refractivity contribution in [2.24, 2.45) is 0 Å². The van der Waals surface area contributed by atoms with Crippen LogP contribution in [0, 0.1) is 0 Å². The van der Waals surface area contributed by atoms with Gasteiger partial charge < -0.3 is 14.2 Å². The standard InChI is InChI=1S/C66H126O6/c1-4-7-10-13-16-19-22-25-28-31-33-35-38-41-44-47-50-53-56-59-65(68)71-62-63(61-70-64(67)58-55-52-49-46-43-40-37-30-27-24-21-18-15-12-9-6-3)72-66(69)60-57-54-51-48-45-42-39-36-34-32-29-26-23-20-17-14-11-8-5-2/h25,28,63H,4-24,26-27,29-62H2,1-3H3/b28-25-/t63-/m1/s1. The van der Waals surface area contributed by atoms with Gasteiger partial charge in [0.25, 0.3) is 0 Å². The van der Waals surface area contributed by atoms with Crippen LogP contribution in [0.4, 0.5) is 0 Å². The first kappa shape index (κ1) is 70.1. The Morgan fingerprint density at radius 1 is 0.264 bits per heavy atom. The summed E-state index contributed by atoms with van der Waals surface area (Å²) in [6.45, 7) is 6.72. The Labute approximate surface area is 450 Å². The quantitative estimate of drug-likeness (QED) is 0.0261. The number of hydrogen-bond donors (Lipinski definition) is 0. The summed E-state index contributed by atoms with van der Waals surface area (Å²) < 4.78 is 17.0. The van der Waals surface area contributed by atoms with Gasteiger partial charge in [0, 0.05) is 19.3 Å². The monoisotopic (exact) mass is 1010 g/mol. The smallest absolute Gasteiger partial charge is 0.306 e. The van der Waals surface area contributed by atoms with Crippen LogP contribution in [0.1, 0.15) is 374 Å². The molecule has 0 bridgehead atoms. The summed E-state index contributed by atoms with van der Waals surface area (Å²) in [6, 6.07) is 0. The Bertz CT molecular complexity index is 1120. The second-order valence-electron chi connectivity index (χ2n) is 22.4. The van der Waals surface area contributed by atoms with Gasteiger partial charge in [-0.05, 0) is 44.9 Å². The second-order valence-corrected chi connectivity index (χ2v) is 22.4. The summed E-state index contributed by atoms with van der Waals surface area (Å²) in [5.41, 5.74) is 0. The first-order chi connectivity index (χ1) is 35.5. The van der Waals surface area contributed by atoms with Crippen LogP contribution in [-0.2, 0) is 28.6 Å². The van der Waals surface area contributed by atoms with E-state index in [4.69, 9.17) is 14.2 Å². The largest absolute Gasteiger partial charge is 0.462 e. The molecule has 0 radical (unpaired) electrons. The molecule has 0 aliphatic carbocycles. The molecule has 6 heteroatoms. The van der Waals surface area contributed by atoms with Crippen molar-refractivity contribution in [2.75, 3.05) is 13.2 Å². The predicted molar refractivity (Wildman–Crippen MR) is 312 cm³/mol. The maximum absolute atomic E-state index is 12.9. The van der Waals surface area contributed by atoms with Crippen molar-refractivity contribution in [3.05, 3.63) is 12.2 Å². The molecule has 1 atom stereocenters. The van der Waals surface area contributed by atoms with Crippen LogP contribution in [-0.4, -0.2) is 37.2 Å². The third-order valence-corrected chi connectivity index (χ3v) is 15.0. The summed E-state index contributed by atoms with van der Waals surface area (Å²) in [5.74, 6) is -0.833. The zero-order valence-electron chi connectivity index (χ0n) is 49.0. The van der Waals surface area contributed by atoms with Crippen LogP contribution in [0.15, 0.2) is 12.2 Å². The molecule has 0 N–H and O–H groups in total. The van der Waals surface area contributed by atoms with Gasteiger partial charge in [0.15, 0.2) is 6.10 Å². The van der Waals surface area contributed by atoms with Gasteiger partial charge >= 0.3 is 17.9 Å². The number of carbonyl (C=O) groups excluding carboxylic acids is 3. The predicted octanol–water partition coefficient (Wildman–Crippen LogP) is 22.1. The highest BCUT2D eigenvalue weighted by molar-refractivity contribution is 5.71. The van der Waals surface area contributed by atoms with Crippen molar-refractivity contribution < 1.29 is 28.6 Å². The zero-order valence-corrected chi connectivity index (χ0v) is 49.0. The third kappa shape index (κ3) is 59.0. The summed E-state index contributed by atoms with van der Waals surface area (Å²) in [7, 11) is 0. The van der Waals surface area contributed by atoms with Gasteiger partial charge in [0.05, 0.1) is 0 Å². The molecule has 6 nitrogen and oxygen atoms in total. The summed E-state index contributed by atoms with van der Waals surface area (Å²) >= 11 is 0. The minimum atomic E-state index is -0.766. The van der Waals surface area contributed by atoms with E-state index in [0.29, 0.717) is 19.3 Å². The van der Waals surface area contributed by atoms with E-state index in [-0.39, 0.29) is 31.1 Å². The summed E-state index contributed by atoms with van der Waals surface area (Å²) in [4.78, 5) is 38.3. The molecule has 0 fully saturated rings. The lowest BCUT2D eigenvalue weighted by molar-refractivity contribution is -0.167. The molecule has 0 aliphatic heterocycles. The molecule has 0 spiro atoms. The maximum atomic E-state index is 12.9. The van der Waals surface area contributed by atoms with Crippen LogP contribution < -0.4 is 0 Å². The highest BCUT2D eigenvalue weighted by atomic mass is 16.6. The number of allylic oxidation sites excluding steroid dienone is 2. The molecule has 426 valence electrons. The molecule has 0 unspecified atom stereocenters. The minimum absolute atomic E-state index is 0.0636. The highest BCUT2D eigenvalue weighted by Gasteiger charge is 2.19. The van der Waals surface area contributed by atoms with Crippen LogP contribution in [0.3, 0.4) is 0 Å². The van der Waals surface area contributed by atoms with E-state index in [2.05, 4.69) is 32.9 Å². The van der Waals surface area contributed by atoms with E-state index in [1.54, 1.807) is 0 Å². The Hall–Kier alpha value is -1.85. The van der Waals surface area contributed by atoms with Gasteiger partial charge in [-0.2, -0.15) is 0 Å². The van der Waals surface area contributed by atoms with E-state index in [9.17, 15) is 14.4 Å². The Balaban J connectivity index is 4.30. The maximum Gasteiger partial charge on any atom is 0.306 e. The molecular formula is C66H126O6. The lowest BCUT2D eigenvalue weighted by Crippen LogP contribution is -2.30. The van der Waals surface area contributed by atoms with Gasteiger partial charge in [-0.15, -0.1) is 0 Å². The molecule has 0 aromatic heterocycles. The van der Waals surface area contributed by atoms with Crippen LogP contribution in [0.2, 0.25) is 0 Å². The molecule has 0 aliphatic rings. The van der Waals surface area contributed by atoms with E-state index in [1.807, 2.05) is 0 Å². The Morgan fingerprint density at radius 3 is 0.694 bits per heavy atom. The zero-order chi connectivity index (χ0) is 52.2. The van der Waals surface area contributed by atoms with Gasteiger partial charge in [0.1, 0.15) is 13.2 Å². The fourth-order valence-corrected chi connectivity index (χ4v) is 10.1. The molecule has 0 rings (SSSR count). The number of hydrogen-bond acceptors (Lipinski definition) is 6. The van der Waals surface area contributed by atoms with Gasteiger partial charge in [-0.25, -0.2) is 0 Å². The SMILES string of the molecule is CCCCCCCC/C=C\CCCCCCCCCCCC(=O)OC[C@@H](COC(=O)CCCCCCCCCCCCCCCCCC)OC(=O)CCCCCCCCCCCCCCCCCCCCC. The molecule has 0 saturated heterocycles. The average Bonchev–Trinajstić information content (AvgIpc) is 3.38. The number of rotatable bonds is 61. The number of carbonyl (C=O) groups is 3. The van der Waals surface area contributed by atoms with E-state index in [0.717, 1.165) is 57.8 Å². The van der Waals surface area contributed by atoms with Crippen molar-refractivity contribution >= 4 is 17.9 Å². The molecule has 0 saturated carbocycles. The molecule has 0 aromatic carbocycles. The molecule has 72 heavy (non-hydrogen) atoms. The van der Waals surface area contributed by atoms with E-state index in [1.165, 1.54) is 276 Å². The van der Waals surface area contributed by atoms with Crippen molar-refractivity contribution in [1.29, 1.82) is 0 Å². The lowest BCUT2D eigenvalue weighted by Gasteiger charge is -2.18. The van der Waals surface area contributed by atoms with E-state index < -0.39 is 6.10 Å².